The zero-order chi connectivity index (χ0) is 45.5. The molecule has 3 amide bonds. The molecule has 17 heteroatoms. The molecule has 0 spiro atoms. The second kappa shape index (κ2) is 18.7. The van der Waals surface area contributed by atoms with E-state index >= 15 is 4.39 Å². The largest absolute Gasteiger partial charge is 0.508 e. The van der Waals surface area contributed by atoms with E-state index in [9.17, 15) is 23.9 Å². The first-order valence-electron chi connectivity index (χ1n) is 23.5. The number of benzene rings is 3. The Bertz CT molecular complexity index is 2660. The number of carbonyl (C=O) groups is 3. The van der Waals surface area contributed by atoms with Crippen LogP contribution < -0.4 is 30.5 Å². The molecule has 346 valence electrons. The van der Waals surface area contributed by atoms with Gasteiger partial charge in [-0.3, -0.25) is 29.6 Å². The summed E-state index contributed by atoms with van der Waals surface area (Å²) in [7, 11) is 0. The smallest absolute Gasteiger partial charge is 0.319 e. The number of halogens is 2. The van der Waals surface area contributed by atoms with Gasteiger partial charge in [-0.05, 0) is 91.1 Å². The van der Waals surface area contributed by atoms with Crippen molar-refractivity contribution in [3.05, 3.63) is 77.5 Å². The number of piperazine rings is 2. The zero-order valence-electron chi connectivity index (χ0n) is 37.2. The number of ether oxygens (including phenoxy) is 1. The van der Waals surface area contributed by atoms with Crippen molar-refractivity contribution in [2.45, 2.75) is 70.0 Å². The minimum Gasteiger partial charge on any atom is -0.508 e. The summed E-state index contributed by atoms with van der Waals surface area (Å²) < 4.78 is 38.1. The zero-order valence-corrected chi connectivity index (χ0v) is 37.2. The molecule has 5 saturated heterocycles. The number of aromatic nitrogens is 3. The molecule has 5 fully saturated rings. The molecular formula is C49H56F2N10O5. The van der Waals surface area contributed by atoms with E-state index in [0.717, 1.165) is 113 Å². The Labute approximate surface area is 381 Å². The Morgan fingerprint density at radius 2 is 1.68 bits per heavy atom. The van der Waals surface area contributed by atoms with Crippen LogP contribution in [0.1, 0.15) is 61.4 Å². The standard InChI is InChI=1S/C49H56F2N10O5/c1-2-30-4-3-5-31-22-35(62)24-37(42(30)31)44-43(51)45-38(25-52-44)46(61-27-32-6-7-33(28-61)53-32)57-49(56-45)66-21-20-58-16-18-59(19-17-58)26-29-12-14-60(15-13-29)34-8-9-39(50)36(23-34)47(64)54-40-10-11-41(63)55-48(40)65/h3-5,8-9,22-25,29,32-33,40,53,62H,2,6-7,10-21,26-28H2,1H3,(H,54,64)(H,55,63,65). The molecule has 3 unspecified atom stereocenters. The van der Waals surface area contributed by atoms with Gasteiger partial charge in [0.1, 0.15) is 41.2 Å². The van der Waals surface area contributed by atoms with E-state index in [1.807, 2.05) is 18.2 Å². The molecule has 0 aliphatic carbocycles. The fraction of sp³-hybridized carbons (Fsp3) is 0.469. The van der Waals surface area contributed by atoms with Crippen LogP contribution in [0, 0.1) is 17.6 Å². The highest BCUT2D eigenvalue weighted by molar-refractivity contribution is 6.04. The number of hydrogen-bond donors (Lipinski definition) is 4. The summed E-state index contributed by atoms with van der Waals surface area (Å²) in [5.74, 6) is -1.70. The number of aromatic hydroxyl groups is 1. The van der Waals surface area contributed by atoms with Crippen molar-refractivity contribution < 1.29 is 33.0 Å². The molecule has 0 radical (unpaired) electrons. The van der Waals surface area contributed by atoms with Crippen LogP contribution in [0.5, 0.6) is 11.8 Å². The summed E-state index contributed by atoms with van der Waals surface area (Å²) in [6.45, 7) is 10.7. The lowest BCUT2D eigenvalue weighted by atomic mass is 9.95. The number of rotatable bonds is 12. The van der Waals surface area contributed by atoms with E-state index < -0.39 is 29.5 Å². The second-order valence-corrected chi connectivity index (χ2v) is 18.5. The van der Waals surface area contributed by atoms with E-state index in [4.69, 9.17) is 19.7 Å². The van der Waals surface area contributed by atoms with Crippen molar-refractivity contribution >= 4 is 50.9 Å². The summed E-state index contributed by atoms with van der Waals surface area (Å²) >= 11 is 0. The first-order valence-corrected chi connectivity index (χ1v) is 23.5. The summed E-state index contributed by atoms with van der Waals surface area (Å²) in [6, 6.07) is 13.6. The van der Waals surface area contributed by atoms with Gasteiger partial charge < -0.3 is 35.2 Å². The maximum Gasteiger partial charge on any atom is 0.319 e. The summed E-state index contributed by atoms with van der Waals surface area (Å²) in [5, 5.41) is 21.4. The Balaban J connectivity index is 0.757. The third kappa shape index (κ3) is 9.07. The molecule has 5 aromatic rings. The van der Waals surface area contributed by atoms with Gasteiger partial charge in [-0.15, -0.1) is 0 Å². The van der Waals surface area contributed by atoms with Crippen molar-refractivity contribution in [2.75, 3.05) is 81.9 Å². The Morgan fingerprint density at radius 3 is 2.44 bits per heavy atom. The van der Waals surface area contributed by atoms with E-state index in [1.54, 1.807) is 30.5 Å². The van der Waals surface area contributed by atoms with Crippen LogP contribution in [0.2, 0.25) is 0 Å². The molecule has 10 rings (SSSR count). The Hall–Kier alpha value is -6.04. The fourth-order valence-corrected chi connectivity index (χ4v) is 10.6. The predicted molar refractivity (Wildman–Crippen MR) is 247 cm³/mol. The highest BCUT2D eigenvalue weighted by atomic mass is 19.1. The van der Waals surface area contributed by atoms with Crippen molar-refractivity contribution in [1.29, 1.82) is 0 Å². The minimum absolute atomic E-state index is 0.0385. The number of imide groups is 1. The topological polar surface area (TPSA) is 168 Å². The molecule has 0 saturated carbocycles. The van der Waals surface area contributed by atoms with Gasteiger partial charge in [0.25, 0.3) is 5.91 Å². The molecule has 7 heterocycles. The highest BCUT2D eigenvalue weighted by Crippen LogP contribution is 2.39. The van der Waals surface area contributed by atoms with E-state index in [1.165, 1.54) is 6.07 Å². The van der Waals surface area contributed by atoms with E-state index in [-0.39, 0.29) is 47.3 Å². The molecule has 4 N–H and O–H groups in total. The normalized spacial score (nSPS) is 22.0. The number of piperidine rings is 2. The highest BCUT2D eigenvalue weighted by Gasteiger charge is 2.35. The lowest BCUT2D eigenvalue weighted by Gasteiger charge is -2.39. The Kier molecular flexibility index (Phi) is 12.4. The van der Waals surface area contributed by atoms with Crippen LogP contribution in [-0.4, -0.2) is 138 Å². The van der Waals surface area contributed by atoms with Gasteiger partial charge in [0, 0.05) is 101 Å². The van der Waals surface area contributed by atoms with Gasteiger partial charge in [-0.2, -0.15) is 9.97 Å². The van der Waals surface area contributed by atoms with E-state index in [0.29, 0.717) is 47.9 Å². The monoisotopic (exact) mass is 902 g/mol. The van der Waals surface area contributed by atoms with Crippen LogP contribution in [0.3, 0.4) is 0 Å². The molecular weight excluding hydrogens is 847 g/mol. The number of fused-ring (bicyclic) bond motifs is 4. The number of carbonyl (C=O) groups excluding carboxylic acids is 3. The molecule has 3 aromatic carbocycles. The van der Waals surface area contributed by atoms with Gasteiger partial charge >= 0.3 is 6.01 Å². The van der Waals surface area contributed by atoms with Crippen molar-refractivity contribution in [1.82, 2.24) is 40.7 Å². The van der Waals surface area contributed by atoms with Crippen LogP contribution in [-0.2, 0) is 16.0 Å². The number of nitrogens with zero attached hydrogens (tertiary/aromatic N) is 7. The lowest BCUT2D eigenvalue weighted by molar-refractivity contribution is -0.134. The van der Waals surface area contributed by atoms with Crippen molar-refractivity contribution in [3.63, 3.8) is 0 Å². The first kappa shape index (κ1) is 43.8. The van der Waals surface area contributed by atoms with Crippen LogP contribution in [0.4, 0.5) is 20.3 Å². The number of amides is 3. The van der Waals surface area contributed by atoms with Crippen LogP contribution in [0.15, 0.2) is 54.7 Å². The van der Waals surface area contributed by atoms with Gasteiger partial charge in [0.15, 0.2) is 5.82 Å². The summed E-state index contributed by atoms with van der Waals surface area (Å²) in [5.41, 5.74) is 2.47. The summed E-state index contributed by atoms with van der Waals surface area (Å²) in [6.07, 6.45) is 6.80. The van der Waals surface area contributed by atoms with Gasteiger partial charge in [-0.1, -0.05) is 25.1 Å². The third-order valence-electron chi connectivity index (χ3n) is 14.2. The number of phenols is 1. The van der Waals surface area contributed by atoms with Gasteiger partial charge in [0.05, 0.1) is 10.9 Å². The molecule has 66 heavy (non-hydrogen) atoms. The van der Waals surface area contributed by atoms with Crippen molar-refractivity contribution in [2.24, 2.45) is 5.92 Å². The fourth-order valence-electron chi connectivity index (χ4n) is 10.6. The molecule has 5 aliphatic rings. The number of aryl methyl sites for hydroxylation is 1. The van der Waals surface area contributed by atoms with E-state index in [2.05, 4.69) is 42.5 Å². The molecule has 15 nitrogen and oxygen atoms in total. The molecule has 5 aliphatic heterocycles. The third-order valence-corrected chi connectivity index (χ3v) is 14.2. The first-order chi connectivity index (χ1) is 32.1. The molecule has 2 bridgehead atoms. The Morgan fingerprint density at radius 1 is 0.909 bits per heavy atom. The quantitative estimate of drug-likeness (QED) is 0.127. The average Bonchev–Trinajstić information content (AvgIpc) is 3.66. The maximum absolute atomic E-state index is 17.0. The van der Waals surface area contributed by atoms with Crippen LogP contribution >= 0.6 is 0 Å². The average molecular weight is 903 g/mol. The molecule has 2 aromatic heterocycles. The number of hydrogen-bond acceptors (Lipinski definition) is 13. The van der Waals surface area contributed by atoms with Crippen LogP contribution in [0.25, 0.3) is 32.9 Å². The van der Waals surface area contributed by atoms with Gasteiger partial charge in [-0.25, -0.2) is 8.78 Å². The predicted octanol–water partition coefficient (Wildman–Crippen LogP) is 4.78. The lowest BCUT2D eigenvalue weighted by Crippen LogP contribution is -2.52. The summed E-state index contributed by atoms with van der Waals surface area (Å²) in [4.78, 5) is 60.2. The van der Waals surface area contributed by atoms with Crippen molar-refractivity contribution in [3.8, 4) is 23.0 Å². The SMILES string of the molecule is CCc1cccc2cc(O)cc(-c3ncc4c(N5CC6CCC(C5)N6)nc(OCCN5CCN(CC6CCN(c7ccc(F)c(C(=O)NC8CCC(=O)NC8=O)c7)CC6)CC5)nc4c3F)c12. The van der Waals surface area contributed by atoms with Gasteiger partial charge in [0.2, 0.25) is 11.8 Å². The minimum atomic E-state index is -0.879. The molecule has 3 atom stereocenters. The number of nitrogens with one attached hydrogen (secondary N) is 3. The number of pyridine rings is 1. The number of phenolic OH excluding ortho intramolecular Hbond substituents is 1. The maximum atomic E-state index is 17.0. The number of anilines is 2. The second-order valence-electron chi connectivity index (χ2n) is 18.5.